The summed E-state index contributed by atoms with van der Waals surface area (Å²) in [4.78, 5) is 39.4. The van der Waals surface area contributed by atoms with Crippen LogP contribution >= 0.6 is 11.3 Å². The van der Waals surface area contributed by atoms with Gasteiger partial charge in [0.2, 0.25) is 0 Å². The number of alkyl halides is 3. The molecule has 1 saturated heterocycles. The number of hydrogen-bond donors (Lipinski definition) is 1. The molecule has 1 spiro atoms. The highest BCUT2D eigenvalue weighted by Gasteiger charge is 2.44. The quantitative estimate of drug-likeness (QED) is 0.404. The van der Waals surface area contributed by atoms with Gasteiger partial charge in [0.25, 0.3) is 0 Å². The summed E-state index contributed by atoms with van der Waals surface area (Å²) in [7, 11) is 0. The number of hydrogen-bond acceptors (Lipinski definition) is 6. The molecule has 3 aromatic rings. The number of aliphatic carboxylic acids is 1. The molecule has 1 fully saturated rings. The molecule has 13 heteroatoms. The lowest BCUT2D eigenvalue weighted by molar-refractivity contribution is -0.192. The van der Waals surface area contributed by atoms with Crippen LogP contribution in [0.4, 0.5) is 17.6 Å². The fraction of sp³-hybridized carbons (Fsp3) is 0.417. The Labute approximate surface area is 212 Å². The van der Waals surface area contributed by atoms with E-state index in [-0.39, 0.29) is 17.8 Å². The number of carboxylic acid groups (broad SMARTS) is 1. The van der Waals surface area contributed by atoms with Crippen molar-refractivity contribution in [3.63, 3.8) is 0 Å². The number of thiophene rings is 1. The Hall–Kier alpha value is -3.32. The maximum atomic E-state index is 13.1. The van der Waals surface area contributed by atoms with Crippen molar-refractivity contribution in [2.24, 2.45) is 5.41 Å². The highest BCUT2D eigenvalue weighted by molar-refractivity contribution is 7.11. The van der Waals surface area contributed by atoms with Gasteiger partial charge in [-0.3, -0.25) is 19.1 Å². The standard InChI is InChI=1S/C22H23FN4O2S.C2HF3O2/c1-15-2-7-18(30-15)12-25-9-8-22(13-25)10-19-24-27(21(29)20(28)26(19)14-22)11-16-3-5-17(23)6-4-16;3-2(4,5)1(6)7/h2-7H,8-14H2,1H3;(H,6,7). The number of aryl methyl sites for hydroxylation is 1. The lowest BCUT2D eigenvalue weighted by Crippen LogP contribution is -2.43. The summed E-state index contributed by atoms with van der Waals surface area (Å²) in [5.74, 6) is -2.42. The summed E-state index contributed by atoms with van der Waals surface area (Å²) in [5, 5.41) is 11.6. The molecule has 198 valence electrons. The van der Waals surface area contributed by atoms with Crippen LogP contribution < -0.4 is 11.1 Å². The number of aromatic nitrogens is 3. The maximum Gasteiger partial charge on any atom is 0.490 e. The van der Waals surface area contributed by atoms with Crippen molar-refractivity contribution in [1.82, 2.24) is 19.2 Å². The van der Waals surface area contributed by atoms with Gasteiger partial charge in [-0.05, 0) is 49.7 Å². The van der Waals surface area contributed by atoms with Crippen LogP contribution in [0, 0.1) is 18.2 Å². The topological polar surface area (TPSA) is 97.4 Å². The van der Waals surface area contributed by atoms with Gasteiger partial charge in [0.1, 0.15) is 11.6 Å². The monoisotopic (exact) mass is 540 g/mol. The van der Waals surface area contributed by atoms with Gasteiger partial charge in [0.05, 0.1) is 6.54 Å². The normalized spacial score (nSPS) is 19.1. The van der Waals surface area contributed by atoms with Gasteiger partial charge in [0, 0.05) is 41.2 Å². The van der Waals surface area contributed by atoms with Gasteiger partial charge in [-0.25, -0.2) is 13.9 Å². The van der Waals surface area contributed by atoms with E-state index in [1.165, 1.54) is 26.6 Å². The van der Waals surface area contributed by atoms with E-state index in [1.807, 2.05) is 11.3 Å². The van der Waals surface area contributed by atoms with E-state index in [4.69, 9.17) is 9.90 Å². The molecule has 1 unspecified atom stereocenters. The second kappa shape index (κ2) is 10.2. The highest BCUT2D eigenvalue weighted by Crippen LogP contribution is 2.39. The van der Waals surface area contributed by atoms with Crippen molar-refractivity contribution in [3.8, 4) is 0 Å². The van der Waals surface area contributed by atoms with Crippen LogP contribution in [0.25, 0.3) is 0 Å². The summed E-state index contributed by atoms with van der Waals surface area (Å²) >= 11 is 1.82. The summed E-state index contributed by atoms with van der Waals surface area (Å²) in [5.41, 5.74) is -0.427. The third kappa shape index (κ3) is 6.16. The Kier molecular flexibility index (Phi) is 7.38. The summed E-state index contributed by atoms with van der Waals surface area (Å²) < 4.78 is 47.7. The molecule has 37 heavy (non-hydrogen) atoms. The Morgan fingerprint density at radius 2 is 1.76 bits per heavy atom. The molecule has 0 aliphatic carbocycles. The second-order valence-electron chi connectivity index (χ2n) is 9.35. The first-order valence-corrected chi connectivity index (χ1v) is 12.2. The molecule has 1 atom stereocenters. The zero-order valence-corrected chi connectivity index (χ0v) is 20.6. The average Bonchev–Trinajstić information content (AvgIpc) is 3.52. The van der Waals surface area contributed by atoms with E-state index >= 15 is 0 Å². The van der Waals surface area contributed by atoms with Crippen LogP contribution in [0.1, 0.15) is 27.6 Å². The first-order valence-electron chi connectivity index (χ1n) is 11.4. The van der Waals surface area contributed by atoms with E-state index in [1.54, 1.807) is 16.7 Å². The third-order valence-electron chi connectivity index (χ3n) is 6.42. The van der Waals surface area contributed by atoms with Gasteiger partial charge >= 0.3 is 23.3 Å². The number of fused-ring (bicyclic) bond motifs is 1. The Balaban J connectivity index is 0.000000405. The molecular formula is C24H24F4N4O4S. The molecule has 8 nitrogen and oxygen atoms in total. The number of carbonyl (C=O) groups is 1. The van der Waals surface area contributed by atoms with Gasteiger partial charge in [-0.2, -0.15) is 18.3 Å². The minimum absolute atomic E-state index is 0.0348. The lowest BCUT2D eigenvalue weighted by Gasteiger charge is -2.22. The van der Waals surface area contributed by atoms with Crippen LogP contribution in [-0.4, -0.2) is 49.6 Å². The maximum absolute atomic E-state index is 13.1. The molecule has 0 radical (unpaired) electrons. The lowest BCUT2D eigenvalue weighted by atomic mass is 9.86. The molecule has 2 aliphatic rings. The Morgan fingerprint density at radius 1 is 1.08 bits per heavy atom. The number of carboxylic acids is 1. The van der Waals surface area contributed by atoms with Crippen molar-refractivity contribution in [1.29, 1.82) is 0 Å². The third-order valence-corrected chi connectivity index (χ3v) is 7.40. The van der Waals surface area contributed by atoms with Crippen LogP contribution in [-0.2, 0) is 30.8 Å². The largest absolute Gasteiger partial charge is 0.490 e. The second-order valence-corrected chi connectivity index (χ2v) is 10.7. The molecule has 1 aromatic carbocycles. The van der Waals surface area contributed by atoms with Crippen molar-refractivity contribution in [3.05, 3.63) is 84.1 Å². The zero-order valence-electron chi connectivity index (χ0n) is 19.8. The molecule has 2 aliphatic heterocycles. The number of benzene rings is 1. The first-order chi connectivity index (χ1) is 17.3. The molecule has 5 rings (SSSR count). The average molecular weight is 541 g/mol. The van der Waals surface area contributed by atoms with E-state index in [0.717, 1.165) is 31.6 Å². The molecule has 0 amide bonds. The summed E-state index contributed by atoms with van der Waals surface area (Å²) in [6, 6.07) is 10.2. The molecule has 2 aromatic heterocycles. The van der Waals surface area contributed by atoms with Crippen LogP contribution in [0.3, 0.4) is 0 Å². The molecule has 0 bridgehead atoms. The Morgan fingerprint density at radius 3 is 2.35 bits per heavy atom. The number of nitrogens with zero attached hydrogens (tertiary/aromatic N) is 4. The van der Waals surface area contributed by atoms with Gasteiger partial charge in [-0.1, -0.05) is 12.1 Å². The van der Waals surface area contributed by atoms with Crippen LogP contribution in [0.15, 0.2) is 46.0 Å². The van der Waals surface area contributed by atoms with Gasteiger partial charge in [0.15, 0.2) is 0 Å². The van der Waals surface area contributed by atoms with Gasteiger partial charge in [-0.15, -0.1) is 11.3 Å². The SMILES string of the molecule is Cc1ccc(CN2CCC3(Cc4nn(Cc5ccc(F)cc5)c(=O)c(=O)n4C3)C2)s1.O=C(O)C(F)(F)F. The highest BCUT2D eigenvalue weighted by atomic mass is 32.1. The van der Waals surface area contributed by atoms with Crippen molar-refractivity contribution in [2.45, 2.75) is 45.6 Å². The number of halogens is 4. The fourth-order valence-corrected chi connectivity index (χ4v) is 5.63. The van der Waals surface area contributed by atoms with Crippen LogP contribution in [0.2, 0.25) is 0 Å². The zero-order chi connectivity index (χ0) is 27.0. The minimum Gasteiger partial charge on any atom is -0.475 e. The fourth-order valence-electron chi connectivity index (χ4n) is 4.70. The molecule has 0 saturated carbocycles. The number of likely N-dealkylation sites (tertiary alicyclic amines) is 1. The predicted molar refractivity (Wildman–Crippen MR) is 127 cm³/mol. The van der Waals surface area contributed by atoms with Gasteiger partial charge < -0.3 is 5.11 Å². The van der Waals surface area contributed by atoms with E-state index in [2.05, 4.69) is 29.1 Å². The van der Waals surface area contributed by atoms with Crippen LogP contribution in [0.5, 0.6) is 0 Å². The minimum atomic E-state index is -5.08. The first kappa shape index (κ1) is 26.7. The Bertz CT molecular complexity index is 1410. The van der Waals surface area contributed by atoms with Crippen molar-refractivity contribution >= 4 is 17.3 Å². The molecule has 4 heterocycles. The number of rotatable bonds is 4. The van der Waals surface area contributed by atoms with E-state index in [9.17, 15) is 27.2 Å². The smallest absolute Gasteiger partial charge is 0.475 e. The van der Waals surface area contributed by atoms with Crippen molar-refractivity contribution < 1.29 is 27.5 Å². The summed E-state index contributed by atoms with van der Waals surface area (Å²) in [6.45, 7) is 5.65. The molecular weight excluding hydrogens is 516 g/mol. The van der Waals surface area contributed by atoms with Crippen molar-refractivity contribution in [2.75, 3.05) is 13.1 Å². The predicted octanol–water partition coefficient (Wildman–Crippen LogP) is 3.04. The van der Waals surface area contributed by atoms with E-state index < -0.39 is 23.3 Å². The summed E-state index contributed by atoms with van der Waals surface area (Å²) in [6.07, 6.45) is -3.39. The molecule has 1 N–H and O–H groups in total. The van der Waals surface area contributed by atoms with E-state index in [0.29, 0.717) is 18.8 Å².